The molecule has 0 atom stereocenters. The van der Waals surface area contributed by atoms with Gasteiger partial charge in [-0.1, -0.05) is 19.9 Å². The molecule has 1 N–H and O–H groups in total. The quantitative estimate of drug-likeness (QED) is 0.299. The van der Waals surface area contributed by atoms with E-state index in [-0.39, 0.29) is 29.2 Å². The zero-order chi connectivity index (χ0) is 22.5. The summed E-state index contributed by atoms with van der Waals surface area (Å²) < 4.78 is 12.1. The molecule has 0 aliphatic rings. The van der Waals surface area contributed by atoms with E-state index in [1.54, 1.807) is 18.2 Å². The van der Waals surface area contributed by atoms with Crippen LogP contribution in [0.5, 0.6) is 17.2 Å². The lowest BCUT2D eigenvalue weighted by atomic mass is 9.83. The Labute approximate surface area is 179 Å². The van der Waals surface area contributed by atoms with E-state index < -0.39 is 0 Å². The van der Waals surface area contributed by atoms with E-state index >= 15 is 0 Å². The van der Waals surface area contributed by atoms with Gasteiger partial charge >= 0.3 is 0 Å². The zero-order valence-electron chi connectivity index (χ0n) is 18.7. The molecule has 0 fully saturated rings. The van der Waals surface area contributed by atoms with Crippen LogP contribution >= 0.6 is 0 Å². The molecular weight excluding hydrogens is 376 g/mol. The second-order valence-corrected chi connectivity index (χ2v) is 8.39. The SMILES string of the molecule is C=CC(C)(C)c1cc(C=CC(=O)c2ccc(O)cc2)c(OC(C)C)cc1OC(C)C. The molecule has 4 heteroatoms. The Morgan fingerprint density at radius 3 is 2.10 bits per heavy atom. The second-order valence-electron chi connectivity index (χ2n) is 8.39. The number of benzene rings is 2. The Kier molecular flexibility index (Phi) is 7.49. The lowest BCUT2D eigenvalue weighted by molar-refractivity contribution is 0.104. The average molecular weight is 409 g/mol. The Balaban J connectivity index is 2.54. The van der Waals surface area contributed by atoms with Crippen molar-refractivity contribution in [2.75, 3.05) is 0 Å². The van der Waals surface area contributed by atoms with Crippen LogP contribution in [-0.4, -0.2) is 23.1 Å². The summed E-state index contributed by atoms with van der Waals surface area (Å²) in [5, 5.41) is 9.42. The fourth-order valence-electron chi connectivity index (χ4n) is 2.92. The smallest absolute Gasteiger partial charge is 0.185 e. The topological polar surface area (TPSA) is 55.8 Å². The number of allylic oxidation sites excluding steroid dienone is 2. The van der Waals surface area contributed by atoms with E-state index in [0.717, 1.165) is 16.9 Å². The number of aromatic hydroxyl groups is 1. The van der Waals surface area contributed by atoms with Gasteiger partial charge < -0.3 is 14.6 Å². The first-order valence-electron chi connectivity index (χ1n) is 10.2. The van der Waals surface area contributed by atoms with Crippen molar-refractivity contribution in [3.63, 3.8) is 0 Å². The highest BCUT2D eigenvalue weighted by molar-refractivity contribution is 6.07. The van der Waals surface area contributed by atoms with Crippen molar-refractivity contribution in [1.29, 1.82) is 0 Å². The number of hydrogen-bond acceptors (Lipinski definition) is 4. The number of phenolic OH excluding ortho intramolecular Hbond substituents is 1. The van der Waals surface area contributed by atoms with E-state index in [1.807, 2.05) is 45.9 Å². The Morgan fingerprint density at radius 1 is 1.00 bits per heavy atom. The van der Waals surface area contributed by atoms with Gasteiger partial charge in [0.25, 0.3) is 0 Å². The first-order valence-corrected chi connectivity index (χ1v) is 10.2. The van der Waals surface area contributed by atoms with Crippen molar-refractivity contribution >= 4 is 11.9 Å². The number of ether oxygens (including phenoxy) is 2. The first kappa shape index (κ1) is 23.3. The van der Waals surface area contributed by atoms with Crippen molar-refractivity contribution in [2.24, 2.45) is 0 Å². The monoisotopic (exact) mass is 408 g/mol. The van der Waals surface area contributed by atoms with Crippen molar-refractivity contribution in [3.8, 4) is 17.2 Å². The van der Waals surface area contributed by atoms with Gasteiger partial charge in [0.1, 0.15) is 17.2 Å². The van der Waals surface area contributed by atoms with Gasteiger partial charge in [-0.2, -0.15) is 0 Å². The van der Waals surface area contributed by atoms with Crippen molar-refractivity contribution in [2.45, 2.75) is 59.2 Å². The van der Waals surface area contributed by atoms with Crippen LogP contribution in [0.15, 0.2) is 55.1 Å². The predicted molar refractivity (Wildman–Crippen MR) is 123 cm³/mol. The van der Waals surface area contributed by atoms with Gasteiger partial charge in [0.05, 0.1) is 12.2 Å². The Hall–Kier alpha value is -3.01. The van der Waals surface area contributed by atoms with Gasteiger partial charge in [-0.05, 0) is 70.2 Å². The normalized spacial score (nSPS) is 11.9. The highest BCUT2D eigenvalue weighted by Gasteiger charge is 2.24. The molecule has 0 aliphatic carbocycles. The summed E-state index contributed by atoms with van der Waals surface area (Å²) in [6.07, 6.45) is 5.13. The first-order chi connectivity index (χ1) is 14.0. The molecule has 0 radical (unpaired) electrons. The van der Waals surface area contributed by atoms with Crippen LogP contribution in [0.4, 0.5) is 0 Å². The summed E-state index contributed by atoms with van der Waals surface area (Å²) in [6, 6.07) is 10.1. The molecule has 0 spiro atoms. The fourth-order valence-corrected chi connectivity index (χ4v) is 2.92. The molecular formula is C26H32O4. The summed E-state index contributed by atoms with van der Waals surface area (Å²) in [7, 11) is 0. The van der Waals surface area contributed by atoms with Crippen LogP contribution in [0.3, 0.4) is 0 Å². The maximum Gasteiger partial charge on any atom is 0.185 e. The average Bonchev–Trinajstić information content (AvgIpc) is 2.66. The number of hydrogen-bond donors (Lipinski definition) is 1. The summed E-state index contributed by atoms with van der Waals surface area (Å²) >= 11 is 0. The molecule has 0 aromatic heterocycles. The molecule has 0 saturated carbocycles. The molecule has 2 aromatic rings. The molecule has 160 valence electrons. The number of carbonyl (C=O) groups is 1. The number of carbonyl (C=O) groups excluding carboxylic acids is 1. The molecule has 0 saturated heterocycles. The number of ketones is 1. The summed E-state index contributed by atoms with van der Waals surface area (Å²) in [4.78, 5) is 12.6. The van der Waals surface area contributed by atoms with Gasteiger partial charge in [-0.15, -0.1) is 6.58 Å². The standard InChI is InChI=1S/C26H32O4/c1-8-26(6,7)22-15-20(11-14-23(28)19-9-12-21(27)13-10-19)24(29-17(2)3)16-25(22)30-18(4)5/h8-18,27H,1H2,2-7H3. The van der Waals surface area contributed by atoms with Gasteiger partial charge in [0.15, 0.2) is 5.78 Å². The second kappa shape index (κ2) is 9.66. The molecule has 0 amide bonds. The van der Waals surface area contributed by atoms with Gasteiger partial charge in [-0.25, -0.2) is 0 Å². The predicted octanol–water partition coefficient (Wildman–Crippen LogP) is 6.33. The van der Waals surface area contributed by atoms with Crippen LogP contribution in [0.1, 0.15) is 63.0 Å². The zero-order valence-corrected chi connectivity index (χ0v) is 18.7. The minimum absolute atomic E-state index is 0.00808. The van der Waals surface area contributed by atoms with Gasteiger partial charge in [0.2, 0.25) is 0 Å². The maximum absolute atomic E-state index is 12.6. The van der Waals surface area contributed by atoms with Gasteiger partial charge in [-0.3, -0.25) is 4.79 Å². The third-order valence-electron chi connectivity index (χ3n) is 4.61. The molecule has 30 heavy (non-hydrogen) atoms. The number of rotatable bonds is 9. The highest BCUT2D eigenvalue weighted by Crippen LogP contribution is 2.39. The van der Waals surface area contributed by atoms with Crippen molar-refractivity contribution in [3.05, 3.63) is 71.8 Å². The van der Waals surface area contributed by atoms with E-state index in [1.165, 1.54) is 18.2 Å². The van der Waals surface area contributed by atoms with E-state index in [9.17, 15) is 9.90 Å². The molecule has 0 unspecified atom stereocenters. The highest BCUT2D eigenvalue weighted by atomic mass is 16.5. The Morgan fingerprint density at radius 2 is 1.57 bits per heavy atom. The summed E-state index contributed by atoms with van der Waals surface area (Å²) in [5.41, 5.74) is 1.93. The van der Waals surface area contributed by atoms with E-state index in [0.29, 0.717) is 11.3 Å². The Bertz CT molecular complexity index is 919. The molecule has 2 rings (SSSR count). The third-order valence-corrected chi connectivity index (χ3v) is 4.61. The summed E-state index contributed by atoms with van der Waals surface area (Å²) in [5.74, 6) is 1.37. The van der Waals surface area contributed by atoms with Crippen molar-refractivity contribution < 1.29 is 19.4 Å². The third kappa shape index (κ3) is 5.99. The molecule has 4 nitrogen and oxygen atoms in total. The van der Waals surface area contributed by atoms with Crippen LogP contribution < -0.4 is 9.47 Å². The van der Waals surface area contributed by atoms with Crippen LogP contribution in [-0.2, 0) is 5.41 Å². The lowest BCUT2D eigenvalue weighted by Crippen LogP contribution is -2.18. The van der Waals surface area contributed by atoms with E-state index in [2.05, 4.69) is 20.4 Å². The van der Waals surface area contributed by atoms with Crippen molar-refractivity contribution in [1.82, 2.24) is 0 Å². The minimum atomic E-state index is -0.329. The molecule has 0 bridgehead atoms. The van der Waals surface area contributed by atoms with Gasteiger partial charge in [0, 0.05) is 28.2 Å². The molecule has 0 heterocycles. The maximum atomic E-state index is 12.6. The largest absolute Gasteiger partial charge is 0.508 e. The summed E-state index contributed by atoms with van der Waals surface area (Å²) in [6.45, 7) is 16.0. The lowest BCUT2D eigenvalue weighted by Gasteiger charge is -2.27. The van der Waals surface area contributed by atoms with Crippen LogP contribution in [0, 0.1) is 0 Å². The van der Waals surface area contributed by atoms with Crippen LogP contribution in [0.2, 0.25) is 0 Å². The van der Waals surface area contributed by atoms with E-state index in [4.69, 9.17) is 9.47 Å². The van der Waals surface area contributed by atoms with Crippen LogP contribution in [0.25, 0.3) is 6.08 Å². The number of phenols is 1. The fraction of sp³-hybridized carbons (Fsp3) is 0.346. The molecule has 2 aromatic carbocycles. The minimum Gasteiger partial charge on any atom is -0.508 e. The molecule has 0 aliphatic heterocycles.